The Bertz CT molecular complexity index is 727. The van der Waals surface area contributed by atoms with Crippen molar-refractivity contribution in [1.82, 2.24) is 14.7 Å². The predicted molar refractivity (Wildman–Crippen MR) is 88.9 cm³/mol. The topological polar surface area (TPSA) is 52.7 Å². The van der Waals surface area contributed by atoms with E-state index < -0.39 is 0 Å². The number of hydrogen-bond donors (Lipinski definition) is 0. The lowest BCUT2D eigenvalue weighted by Gasteiger charge is -2.36. The summed E-state index contributed by atoms with van der Waals surface area (Å²) in [6.07, 6.45) is 0.209. The van der Waals surface area contributed by atoms with Crippen molar-refractivity contribution in [1.29, 1.82) is 0 Å². The van der Waals surface area contributed by atoms with E-state index >= 15 is 0 Å². The zero-order valence-corrected chi connectivity index (χ0v) is 14.4. The first-order valence-electron chi connectivity index (χ1n) is 7.65. The molecule has 2 heterocycles. The van der Waals surface area contributed by atoms with Gasteiger partial charge in [-0.05, 0) is 38.2 Å². The first-order valence-corrected chi connectivity index (χ1v) is 8.06. The quantitative estimate of drug-likeness (QED) is 0.801. The highest BCUT2D eigenvalue weighted by Crippen LogP contribution is 2.28. The molecule has 0 amide bonds. The lowest BCUT2D eigenvalue weighted by atomic mass is 10.2. The van der Waals surface area contributed by atoms with Gasteiger partial charge < -0.3 is 13.9 Å². The maximum atomic E-state index is 5.68. The van der Waals surface area contributed by atoms with E-state index in [9.17, 15) is 0 Å². The monoisotopic (exact) mass is 335 g/mol. The van der Waals surface area contributed by atoms with Gasteiger partial charge in [0.05, 0.1) is 32.1 Å². The van der Waals surface area contributed by atoms with Crippen molar-refractivity contribution in [3.63, 3.8) is 0 Å². The summed E-state index contributed by atoms with van der Waals surface area (Å²) in [5.41, 5.74) is 0.795. The van der Waals surface area contributed by atoms with E-state index in [2.05, 4.69) is 23.8 Å². The Labute approximate surface area is 140 Å². The Morgan fingerprint density at radius 1 is 1.35 bits per heavy atom. The minimum absolute atomic E-state index is 0.209. The second kappa shape index (κ2) is 6.82. The highest BCUT2D eigenvalue weighted by atomic mass is 32.1. The Balaban J connectivity index is 1.85. The second-order valence-corrected chi connectivity index (χ2v) is 6.13. The Morgan fingerprint density at radius 2 is 2.13 bits per heavy atom. The molecule has 1 fully saturated rings. The molecule has 1 saturated heterocycles. The number of hydrogen-bond acceptors (Lipinski definition) is 6. The number of nitrogens with zero attached hydrogens (tertiary/aromatic N) is 3. The first-order chi connectivity index (χ1) is 11.1. The van der Waals surface area contributed by atoms with Gasteiger partial charge in [-0.3, -0.25) is 4.90 Å². The third-order valence-electron chi connectivity index (χ3n) is 4.00. The summed E-state index contributed by atoms with van der Waals surface area (Å²) in [5.74, 6) is 1.19. The van der Waals surface area contributed by atoms with E-state index in [1.807, 2.05) is 24.3 Å². The van der Waals surface area contributed by atoms with Crippen LogP contribution in [-0.2, 0) is 11.4 Å². The smallest absolute Gasteiger partial charge is 0.288 e. The van der Waals surface area contributed by atoms with Crippen LogP contribution in [0.2, 0.25) is 0 Å². The molecule has 1 aromatic heterocycles. The number of para-hydroxylation sites is 1. The molecule has 2 aromatic rings. The van der Waals surface area contributed by atoms with Gasteiger partial charge in [-0.25, -0.2) is 4.68 Å². The molecule has 7 heteroatoms. The van der Waals surface area contributed by atoms with E-state index in [4.69, 9.17) is 26.1 Å². The molecule has 0 bridgehead atoms. The number of morpholine rings is 1. The zero-order chi connectivity index (χ0) is 16.4. The molecule has 2 atom stereocenters. The van der Waals surface area contributed by atoms with Gasteiger partial charge in [0, 0.05) is 12.6 Å². The second-order valence-electron chi connectivity index (χ2n) is 5.78. The summed E-state index contributed by atoms with van der Waals surface area (Å²) >= 11 is 5.32. The van der Waals surface area contributed by atoms with Crippen LogP contribution in [0.4, 0.5) is 0 Å². The zero-order valence-electron chi connectivity index (χ0n) is 13.6. The fraction of sp³-hybridized carbons (Fsp3) is 0.500. The lowest BCUT2D eigenvalue weighted by molar-refractivity contribution is -0.0626. The van der Waals surface area contributed by atoms with E-state index in [1.165, 1.54) is 0 Å². The summed E-state index contributed by atoms with van der Waals surface area (Å²) in [6, 6.07) is 7.92. The van der Waals surface area contributed by atoms with E-state index in [0.29, 0.717) is 35.8 Å². The van der Waals surface area contributed by atoms with Crippen LogP contribution in [-0.4, -0.2) is 47.1 Å². The predicted octanol–water partition coefficient (Wildman–Crippen LogP) is 2.95. The van der Waals surface area contributed by atoms with Crippen LogP contribution in [0, 0.1) is 4.84 Å². The van der Waals surface area contributed by atoms with E-state index in [0.717, 1.165) is 12.1 Å². The average Bonchev–Trinajstić information content (AvgIpc) is 2.91. The van der Waals surface area contributed by atoms with Crippen LogP contribution in [0.1, 0.15) is 13.8 Å². The molecule has 124 valence electrons. The summed E-state index contributed by atoms with van der Waals surface area (Å²) in [4.78, 5) is 2.65. The van der Waals surface area contributed by atoms with Crippen molar-refractivity contribution in [2.24, 2.45) is 0 Å². The number of rotatable bonds is 4. The fourth-order valence-electron chi connectivity index (χ4n) is 2.67. The number of ether oxygens (including phenoxy) is 2. The Hall–Kier alpha value is -1.70. The van der Waals surface area contributed by atoms with Gasteiger partial charge in [-0.1, -0.05) is 12.1 Å². The van der Waals surface area contributed by atoms with Crippen LogP contribution in [0.5, 0.6) is 5.75 Å². The molecule has 23 heavy (non-hydrogen) atoms. The molecule has 2 unspecified atom stereocenters. The lowest BCUT2D eigenvalue weighted by Crippen LogP contribution is -2.47. The van der Waals surface area contributed by atoms with Crippen molar-refractivity contribution >= 4 is 12.2 Å². The van der Waals surface area contributed by atoms with Crippen molar-refractivity contribution in [3.8, 4) is 17.2 Å². The average molecular weight is 335 g/mol. The van der Waals surface area contributed by atoms with Crippen LogP contribution in [0.25, 0.3) is 11.5 Å². The normalized spacial score (nSPS) is 22.2. The molecule has 0 N–H and O–H groups in total. The molecule has 0 radical (unpaired) electrons. The van der Waals surface area contributed by atoms with Gasteiger partial charge >= 0.3 is 0 Å². The molecular weight excluding hydrogens is 314 g/mol. The number of benzene rings is 1. The molecule has 6 nitrogen and oxygen atoms in total. The number of aromatic nitrogens is 2. The largest absolute Gasteiger partial charge is 0.496 e. The Morgan fingerprint density at radius 3 is 2.91 bits per heavy atom. The number of methoxy groups -OCH3 is 1. The van der Waals surface area contributed by atoms with Gasteiger partial charge in [0.25, 0.3) is 10.7 Å². The van der Waals surface area contributed by atoms with Crippen LogP contribution in [0.15, 0.2) is 28.7 Å². The van der Waals surface area contributed by atoms with Crippen LogP contribution < -0.4 is 4.74 Å². The molecule has 0 saturated carbocycles. The Kier molecular flexibility index (Phi) is 4.79. The molecular formula is C16H21N3O3S. The van der Waals surface area contributed by atoms with Crippen LogP contribution >= 0.6 is 12.2 Å². The van der Waals surface area contributed by atoms with Gasteiger partial charge in [-0.2, -0.15) is 0 Å². The molecule has 0 aliphatic carbocycles. The third-order valence-corrected chi connectivity index (χ3v) is 4.29. The highest BCUT2D eigenvalue weighted by molar-refractivity contribution is 7.71. The minimum Gasteiger partial charge on any atom is -0.496 e. The summed E-state index contributed by atoms with van der Waals surface area (Å²) in [5, 5.41) is 4.53. The summed E-state index contributed by atoms with van der Waals surface area (Å²) < 4.78 is 18.4. The molecule has 3 rings (SSSR count). The molecule has 1 aromatic carbocycles. The van der Waals surface area contributed by atoms with Crippen molar-refractivity contribution in [2.45, 2.75) is 32.7 Å². The highest BCUT2D eigenvalue weighted by Gasteiger charge is 2.24. The molecule has 1 aliphatic rings. The maximum Gasteiger partial charge on any atom is 0.288 e. The van der Waals surface area contributed by atoms with Gasteiger partial charge in [0.2, 0.25) is 0 Å². The summed E-state index contributed by atoms with van der Waals surface area (Å²) in [6.45, 7) is 6.36. The molecule has 1 aliphatic heterocycles. The first kappa shape index (κ1) is 16.2. The van der Waals surface area contributed by atoms with Gasteiger partial charge in [0.15, 0.2) is 0 Å². The van der Waals surface area contributed by atoms with Crippen LogP contribution in [0.3, 0.4) is 0 Å². The van der Waals surface area contributed by atoms with Crippen molar-refractivity contribution in [2.75, 3.05) is 20.3 Å². The van der Waals surface area contributed by atoms with Crippen molar-refractivity contribution < 1.29 is 13.9 Å². The van der Waals surface area contributed by atoms with E-state index in [-0.39, 0.29) is 6.10 Å². The fourth-order valence-corrected chi connectivity index (χ4v) is 2.84. The SMILES string of the molecule is COc1ccccc1-c1nn(CN2CC(C)OCC2C)c(=S)o1. The third kappa shape index (κ3) is 3.46. The maximum absolute atomic E-state index is 5.68. The standard InChI is InChI=1S/C16H21N3O3S/c1-11-9-21-12(2)8-18(11)10-19-16(23)22-15(17-19)13-6-4-5-7-14(13)20-3/h4-7,11-12H,8-10H2,1-3H3. The minimum atomic E-state index is 0.209. The van der Waals surface area contributed by atoms with E-state index in [1.54, 1.807) is 11.8 Å². The van der Waals surface area contributed by atoms with Crippen molar-refractivity contribution in [3.05, 3.63) is 29.1 Å². The summed E-state index contributed by atoms with van der Waals surface area (Å²) in [7, 11) is 1.63. The molecule has 0 spiro atoms. The van der Waals surface area contributed by atoms with Gasteiger partial charge in [0.1, 0.15) is 5.75 Å². The van der Waals surface area contributed by atoms with Gasteiger partial charge in [-0.15, -0.1) is 5.10 Å².